The molecule has 1 aromatic rings. The van der Waals surface area contributed by atoms with Crippen LogP contribution in [0.3, 0.4) is 0 Å². The molecule has 1 rings (SSSR count). The Bertz CT molecular complexity index is 257. The highest BCUT2D eigenvalue weighted by Crippen LogP contribution is 2.30. The fraction of sp³-hybridized carbons (Fsp3) is 0.667. The molecule has 3 heteroatoms. The fourth-order valence-corrected chi connectivity index (χ4v) is 2.92. The van der Waals surface area contributed by atoms with Crippen LogP contribution in [0, 0.1) is 11.8 Å². The number of hydrogen-bond donors (Lipinski definition) is 2. The Balaban J connectivity index is 2.78. The van der Waals surface area contributed by atoms with E-state index in [0.29, 0.717) is 17.9 Å². The Morgan fingerprint density at radius 2 is 2.07 bits per heavy atom. The van der Waals surface area contributed by atoms with Crippen LogP contribution in [-0.2, 0) is 0 Å². The van der Waals surface area contributed by atoms with Gasteiger partial charge in [0.2, 0.25) is 0 Å². The van der Waals surface area contributed by atoms with Crippen LogP contribution in [0.5, 0.6) is 0 Å². The van der Waals surface area contributed by atoms with E-state index in [9.17, 15) is 0 Å². The number of thiophene rings is 1. The molecule has 86 valence electrons. The summed E-state index contributed by atoms with van der Waals surface area (Å²) in [6, 6.07) is 4.82. The highest BCUT2D eigenvalue weighted by molar-refractivity contribution is 7.10. The molecule has 2 unspecified atom stereocenters. The van der Waals surface area contributed by atoms with E-state index in [1.165, 1.54) is 4.88 Å². The monoisotopic (exact) mass is 226 g/mol. The molecule has 0 saturated heterocycles. The van der Waals surface area contributed by atoms with Crippen LogP contribution in [0.4, 0.5) is 0 Å². The first-order valence-corrected chi connectivity index (χ1v) is 6.44. The predicted molar refractivity (Wildman–Crippen MR) is 68.4 cm³/mol. The Kier molecular flexibility index (Phi) is 5.29. The molecule has 1 heterocycles. The molecule has 2 N–H and O–H groups in total. The van der Waals surface area contributed by atoms with Crippen molar-refractivity contribution in [1.29, 1.82) is 0 Å². The number of nitrogens with one attached hydrogen (secondary N) is 2. The summed E-state index contributed by atoms with van der Waals surface area (Å²) in [6.45, 7) is 5.64. The normalized spacial score (nSPS) is 15.5. The van der Waals surface area contributed by atoms with Crippen LogP contribution in [0.2, 0.25) is 0 Å². The molecule has 1 aromatic heterocycles. The minimum atomic E-state index is 0.470. The van der Waals surface area contributed by atoms with Gasteiger partial charge in [-0.25, -0.2) is 0 Å². The molecule has 0 aliphatic carbocycles. The lowest BCUT2D eigenvalue weighted by molar-refractivity contribution is 0.288. The second-order valence-electron chi connectivity index (χ2n) is 4.25. The largest absolute Gasteiger partial charge is 0.319 e. The third kappa shape index (κ3) is 3.30. The molecular formula is C12H22N2S. The molecule has 0 aliphatic heterocycles. The smallest absolute Gasteiger partial charge is 0.0455 e. The van der Waals surface area contributed by atoms with Crippen molar-refractivity contribution in [2.45, 2.75) is 19.9 Å². The Morgan fingerprint density at radius 1 is 1.33 bits per heavy atom. The lowest BCUT2D eigenvalue weighted by Crippen LogP contribution is -2.34. The molecule has 0 fully saturated rings. The zero-order chi connectivity index (χ0) is 11.3. The number of rotatable bonds is 6. The van der Waals surface area contributed by atoms with Crippen LogP contribution in [0.15, 0.2) is 17.5 Å². The summed E-state index contributed by atoms with van der Waals surface area (Å²) < 4.78 is 0. The van der Waals surface area contributed by atoms with Gasteiger partial charge in [-0.05, 0) is 43.9 Å². The molecule has 0 aromatic carbocycles. The Labute approximate surface area is 97.1 Å². The van der Waals surface area contributed by atoms with Gasteiger partial charge in [-0.15, -0.1) is 11.3 Å². The van der Waals surface area contributed by atoms with Gasteiger partial charge >= 0.3 is 0 Å². The van der Waals surface area contributed by atoms with Crippen LogP contribution >= 0.6 is 11.3 Å². The molecule has 0 bridgehead atoms. The van der Waals surface area contributed by atoms with Crippen LogP contribution < -0.4 is 10.6 Å². The average molecular weight is 226 g/mol. The molecule has 2 atom stereocenters. The van der Waals surface area contributed by atoms with E-state index >= 15 is 0 Å². The summed E-state index contributed by atoms with van der Waals surface area (Å²) >= 11 is 1.84. The van der Waals surface area contributed by atoms with Gasteiger partial charge in [-0.2, -0.15) is 0 Å². The Hall–Kier alpha value is -0.380. The van der Waals surface area contributed by atoms with Crippen molar-refractivity contribution in [1.82, 2.24) is 10.6 Å². The van der Waals surface area contributed by atoms with Crippen LogP contribution in [0.25, 0.3) is 0 Å². The second kappa shape index (κ2) is 6.26. The quantitative estimate of drug-likeness (QED) is 0.779. The molecule has 0 radical (unpaired) electrons. The van der Waals surface area contributed by atoms with Crippen LogP contribution in [-0.4, -0.2) is 20.6 Å². The minimum absolute atomic E-state index is 0.470. The van der Waals surface area contributed by atoms with Crippen molar-refractivity contribution in [3.05, 3.63) is 22.4 Å². The first-order chi connectivity index (χ1) is 7.20. The van der Waals surface area contributed by atoms with Gasteiger partial charge < -0.3 is 10.6 Å². The third-order valence-corrected chi connectivity index (χ3v) is 3.84. The third-order valence-electron chi connectivity index (χ3n) is 2.88. The van der Waals surface area contributed by atoms with Crippen molar-refractivity contribution >= 4 is 11.3 Å². The van der Waals surface area contributed by atoms with Crippen molar-refractivity contribution in [3.63, 3.8) is 0 Å². The van der Waals surface area contributed by atoms with Gasteiger partial charge in [0, 0.05) is 10.9 Å². The van der Waals surface area contributed by atoms with E-state index in [2.05, 4.69) is 49.0 Å². The summed E-state index contributed by atoms with van der Waals surface area (Å²) in [6.07, 6.45) is 0. The van der Waals surface area contributed by atoms with Crippen molar-refractivity contribution in [2.75, 3.05) is 20.6 Å². The fourth-order valence-electron chi connectivity index (χ4n) is 2.01. The molecule has 0 aliphatic rings. The summed E-state index contributed by atoms with van der Waals surface area (Å²) in [5, 5.41) is 8.88. The van der Waals surface area contributed by atoms with E-state index in [1.807, 2.05) is 18.4 Å². The van der Waals surface area contributed by atoms with Gasteiger partial charge in [-0.3, -0.25) is 0 Å². The lowest BCUT2D eigenvalue weighted by Gasteiger charge is -2.29. The van der Waals surface area contributed by atoms with E-state index < -0.39 is 0 Å². The maximum Gasteiger partial charge on any atom is 0.0455 e. The van der Waals surface area contributed by atoms with Gasteiger partial charge in [0.05, 0.1) is 0 Å². The average Bonchev–Trinajstić information content (AvgIpc) is 2.71. The summed E-state index contributed by atoms with van der Waals surface area (Å²) in [4.78, 5) is 1.44. The summed E-state index contributed by atoms with van der Waals surface area (Å²) in [5.41, 5.74) is 0. The molecule has 0 saturated carbocycles. The van der Waals surface area contributed by atoms with E-state index in [1.54, 1.807) is 0 Å². The molecule has 2 nitrogen and oxygen atoms in total. The zero-order valence-corrected chi connectivity index (χ0v) is 10.9. The number of hydrogen-bond acceptors (Lipinski definition) is 3. The van der Waals surface area contributed by atoms with E-state index in [-0.39, 0.29) is 0 Å². The maximum atomic E-state index is 3.44. The first kappa shape index (κ1) is 12.7. The molecular weight excluding hydrogens is 204 g/mol. The summed E-state index contributed by atoms with van der Waals surface area (Å²) in [7, 11) is 4.08. The van der Waals surface area contributed by atoms with Gasteiger partial charge in [-0.1, -0.05) is 19.9 Å². The van der Waals surface area contributed by atoms with E-state index in [4.69, 9.17) is 0 Å². The topological polar surface area (TPSA) is 24.1 Å². The van der Waals surface area contributed by atoms with Crippen molar-refractivity contribution in [3.8, 4) is 0 Å². The van der Waals surface area contributed by atoms with Gasteiger partial charge in [0.25, 0.3) is 0 Å². The standard InChI is InChI=1S/C12H22N2S/c1-9(2)10(8-13-3)12(14-4)11-6-5-7-15-11/h5-7,9-10,12-14H,8H2,1-4H3. The first-order valence-electron chi connectivity index (χ1n) is 5.56. The highest BCUT2D eigenvalue weighted by atomic mass is 32.1. The summed E-state index contributed by atoms with van der Waals surface area (Å²) in [5.74, 6) is 1.32. The van der Waals surface area contributed by atoms with Gasteiger partial charge in [0.15, 0.2) is 0 Å². The van der Waals surface area contributed by atoms with Crippen molar-refractivity contribution < 1.29 is 0 Å². The minimum Gasteiger partial charge on any atom is -0.319 e. The second-order valence-corrected chi connectivity index (χ2v) is 5.23. The van der Waals surface area contributed by atoms with E-state index in [0.717, 1.165) is 6.54 Å². The highest BCUT2D eigenvalue weighted by Gasteiger charge is 2.24. The lowest BCUT2D eigenvalue weighted by atomic mass is 9.87. The maximum absolute atomic E-state index is 3.44. The molecule has 0 spiro atoms. The predicted octanol–water partition coefficient (Wildman–Crippen LogP) is 2.50. The SMILES string of the molecule is CNCC(C(C)C)C(NC)c1cccs1. The Morgan fingerprint density at radius 3 is 2.47 bits per heavy atom. The zero-order valence-electron chi connectivity index (χ0n) is 10.1. The molecule has 0 amide bonds. The van der Waals surface area contributed by atoms with Crippen molar-refractivity contribution in [2.24, 2.45) is 11.8 Å². The molecule has 15 heavy (non-hydrogen) atoms. The van der Waals surface area contributed by atoms with Gasteiger partial charge in [0.1, 0.15) is 0 Å². The van der Waals surface area contributed by atoms with Crippen LogP contribution in [0.1, 0.15) is 24.8 Å².